The summed E-state index contributed by atoms with van der Waals surface area (Å²) in [4.78, 5) is 39.3. The summed E-state index contributed by atoms with van der Waals surface area (Å²) in [5.41, 5.74) is -0.189. The molecule has 0 bridgehead atoms. The van der Waals surface area contributed by atoms with E-state index in [1.54, 1.807) is 38.3 Å². The number of nitrogens with one attached hydrogen (secondary N) is 2. The Bertz CT molecular complexity index is 1310. The van der Waals surface area contributed by atoms with Gasteiger partial charge in [-0.05, 0) is 53.6 Å². The lowest BCUT2D eigenvalue weighted by molar-refractivity contribution is -0.133. The number of anilines is 1. The number of carbonyl (C=O) groups is 3. The van der Waals surface area contributed by atoms with E-state index in [2.05, 4.69) is 10.6 Å². The zero-order chi connectivity index (χ0) is 23.2. The molecule has 0 aliphatic carbocycles. The Morgan fingerprint density at radius 2 is 1.82 bits per heavy atom. The van der Waals surface area contributed by atoms with Gasteiger partial charge < -0.3 is 24.8 Å². The number of carbonyl (C=O) groups excluding carboxylic acids is 3. The van der Waals surface area contributed by atoms with Gasteiger partial charge >= 0.3 is 6.03 Å². The highest BCUT2D eigenvalue weighted by Crippen LogP contribution is 2.35. The van der Waals surface area contributed by atoms with Crippen LogP contribution in [0.3, 0.4) is 0 Å². The first-order valence-corrected chi connectivity index (χ1v) is 10.3. The Morgan fingerprint density at radius 1 is 1.06 bits per heavy atom. The van der Waals surface area contributed by atoms with Crippen LogP contribution in [0.25, 0.3) is 10.8 Å². The number of hydrogen-bond donors (Lipinski definition) is 2. The molecule has 1 atom stereocenters. The molecular formula is C24H21N3O6. The van der Waals surface area contributed by atoms with Gasteiger partial charge in [-0.25, -0.2) is 4.79 Å². The maximum atomic E-state index is 13.2. The summed E-state index contributed by atoms with van der Waals surface area (Å²) in [6.07, 6.45) is 0. The minimum Gasteiger partial charge on any atom is -0.497 e. The third kappa shape index (κ3) is 3.57. The van der Waals surface area contributed by atoms with Gasteiger partial charge in [-0.15, -0.1) is 0 Å². The molecule has 0 saturated carbocycles. The molecule has 1 saturated heterocycles. The minimum absolute atomic E-state index is 0.121. The van der Waals surface area contributed by atoms with Crippen molar-refractivity contribution in [1.82, 2.24) is 10.2 Å². The topological polar surface area (TPSA) is 106 Å². The molecule has 2 aliphatic rings. The monoisotopic (exact) mass is 447 g/mol. The van der Waals surface area contributed by atoms with E-state index in [-0.39, 0.29) is 6.79 Å². The summed E-state index contributed by atoms with van der Waals surface area (Å²) in [5, 5.41) is 7.26. The summed E-state index contributed by atoms with van der Waals surface area (Å²) < 4.78 is 15.8. The molecule has 2 heterocycles. The molecule has 9 nitrogen and oxygen atoms in total. The highest BCUT2D eigenvalue weighted by molar-refractivity contribution is 6.10. The third-order valence-electron chi connectivity index (χ3n) is 5.86. The fraction of sp³-hybridized carbons (Fsp3) is 0.208. The van der Waals surface area contributed by atoms with Gasteiger partial charge in [-0.2, -0.15) is 0 Å². The molecule has 0 spiro atoms. The summed E-state index contributed by atoms with van der Waals surface area (Å²) >= 11 is 0. The van der Waals surface area contributed by atoms with Crippen molar-refractivity contribution < 1.29 is 28.6 Å². The fourth-order valence-corrected chi connectivity index (χ4v) is 4.02. The minimum atomic E-state index is -1.29. The van der Waals surface area contributed by atoms with Crippen LogP contribution >= 0.6 is 0 Å². The maximum absolute atomic E-state index is 13.2. The molecule has 5 rings (SSSR count). The van der Waals surface area contributed by atoms with Crippen LogP contribution in [-0.4, -0.2) is 43.2 Å². The van der Waals surface area contributed by atoms with E-state index in [9.17, 15) is 14.4 Å². The highest BCUT2D eigenvalue weighted by atomic mass is 16.7. The Kier molecular flexibility index (Phi) is 4.81. The van der Waals surface area contributed by atoms with Crippen molar-refractivity contribution in [2.45, 2.75) is 12.5 Å². The molecule has 1 fully saturated rings. The standard InChI is InChI=1S/C24H21N3O6/c1-24(16-5-3-15-10-18(31-2)7-4-14(15)9-16)22(29)27(23(30)26-24)12-21(28)25-17-6-8-19-20(11-17)33-13-32-19/h3-11H,12-13H2,1-2H3,(H,25,28)(H,26,30). The SMILES string of the molecule is COc1ccc2cc(C3(C)NC(=O)N(CC(=O)Nc4ccc5c(c4)OCO5)C3=O)ccc2c1. The van der Waals surface area contributed by atoms with E-state index < -0.39 is 29.9 Å². The molecule has 3 aromatic rings. The molecule has 9 heteroatoms. The summed E-state index contributed by atoms with van der Waals surface area (Å²) in [6, 6.07) is 15.5. The first-order valence-electron chi connectivity index (χ1n) is 10.3. The zero-order valence-electron chi connectivity index (χ0n) is 18.0. The number of urea groups is 1. The molecule has 3 aromatic carbocycles. The van der Waals surface area contributed by atoms with E-state index in [1.165, 1.54) is 0 Å². The van der Waals surface area contributed by atoms with Crippen LogP contribution in [0.2, 0.25) is 0 Å². The normalized spacial score (nSPS) is 19.0. The van der Waals surface area contributed by atoms with Crippen molar-refractivity contribution >= 4 is 34.3 Å². The van der Waals surface area contributed by atoms with E-state index >= 15 is 0 Å². The average Bonchev–Trinajstić information content (AvgIpc) is 3.36. The van der Waals surface area contributed by atoms with Crippen molar-refractivity contribution in [3.05, 3.63) is 60.2 Å². The summed E-state index contributed by atoms with van der Waals surface area (Å²) in [5.74, 6) is 0.829. The zero-order valence-corrected chi connectivity index (χ0v) is 18.0. The van der Waals surface area contributed by atoms with Crippen molar-refractivity contribution in [3.63, 3.8) is 0 Å². The van der Waals surface area contributed by atoms with Gasteiger partial charge in [-0.3, -0.25) is 14.5 Å². The lowest BCUT2D eigenvalue weighted by Crippen LogP contribution is -2.42. The lowest BCUT2D eigenvalue weighted by atomic mass is 9.90. The number of nitrogens with zero attached hydrogens (tertiary/aromatic N) is 1. The van der Waals surface area contributed by atoms with Gasteiger partial charge in [0.1, 0.15) is 17.8 Å². The smallest absolute Gasteiger partial charge is 0.325 e. The molecular weight excluding hydrogens is 426 g/mol. The van der Waals surface area contributed by atoms with E-state index in [0.29, 0.717) is 22.7 Å². The number of rotatable bonds is 5. The Balaban J connectivity index is 1.33. The van der Waals surface area contributed by atoms with Gasteiger partial charge in [0.25, 0.3) is 5.91 Å². The van der Waals surface area contributed by atoms with Crippen molar-refractivity contribution in [2.24, 2.45) is 0 Å². The largest absolute Gasteiger partial charge is 0.497 e. The van der Waals surface area contributed by atoms with E-state index in [1.807, 2.05) is 30.3 Å². The maximum Gasteiger partial charge on any atom is 0.325 e. The second-order valence-electron chi connectivity index (χ2n) is 7.99. The summed E-state index contributed by atoms with van der Waals surface area (Å²) in [6.45, 7) is 1.34. The fourth-order valence-electron chi connectivity index (χ4n) is 4.02. The van der Waals surface area contributed by atoms with Crippen molar-refractivity contribution in [1.29, 1.82) is 0 Å². The first-order chi connectivity index (χ1) is 15.9. The molecule has 2 aliphatic heterocycles. The van der Waals surface area contributed by atoms with Crippen LogP contribution in [-0.2, 0) is 15.1 Å². The Labute approximate surface area is 189 Å². The number of ether oxygens (including phenoxy) is 3. The lowest BCUT2D eigenvalue weighted by Gasteiger charge is -2.22. The van der Waals surface area contributed by atoms with Crippen molar-refractivity contribution in [2.75, 3.05) is 25.8 Å². The van der Waals surface area contributed by atoms with Crippen LogP contribution in [0, 0.1) is 0 Å². The Morgan fingerprint density at radius 3 is 2.64 bits per heavy atom. The second-order valence-corrected chi connectivity index (χ2v) is 7.99. The van der Waals surface area contributed by atoms with Crippen LogP contribution in [0.15, 0.2) is 54.6 Å². The number of methoxy groups -OCH3 is 1. The van der Waals surface area contributed by atoms with Gasteiger partial charge in [0, 0.05) is 11.8 Å². The molecule has 2 N–H and O–H groups in total. The van der Waals surface area contributed by atoms with Gasteiger partial charge in [-0.1, -0.05) is 18.2 Å². The predicted molar refractivity (Wildman–Crippen MR) is 119 cm³/mol. The molecule has 0 radical (unpaired) electrons. The predicted octanol–water partition coefficient (Wildman–Crippen LogP) is 2.98. The van der Waals surface area contributed by atoms with Crippen LogP contribution < -0.4 is 24.8 Å². The molecule has 4 amide bonds. The number of benzene rings is 3. The molecule has 33 heavy (non-hydrogen) atoms. The van der Waals surface area contributed by atoms with Gasteiger partial charge in [0.15, 0.2) is 11.5 Å². The van der Waals surface area contributed by atoms with E-state index in [4.69, 9.17) is 14.2 Å². The number of hydrogen-bond acceptors (Lipinski definition) is 6. The number of fused-ring (bicyclic) bond motifs is 2. The average molecular weight is 447 g/mol. The number of amides is 4. The van der Waals surface area contributed by atoms with Gasteiger partial charge in [0.05, 0.1) is 7.11 Å². The van der Waals surface area contributed by atoms with Crippen LogP contribution in [0.5, 0.6) is 17.2 Å². The second kappa shape index (κ2) is 7.70. The van der Waals surface area contributed by atoms with Crippen LogP contribution in [0.4, 0.5) is 10.5 Å². The Hall–Kier alpha value is -4.27. The molecule has 1 unspecified atom stereocenters. The van der Waals surface area contributed by atoms with E-state index in [0.717, 1.165) is 21.4 Å². The quantitative estimate of drug-likeness (QED) is 0.583. The first kappa shape index (κ1) is 20.6. The third-order valence-corrected chi connectivity index (χ3v) is 5.86. The molecule has 0 aromatic heterocycles. The van der Waals surface area contributed by atoms with Gasteiger partial charge in [0.2, 0.25) is 12.7 Å². The highest BCUT2D eigenvalue weighted by Gasteiger charge is 2.49. The summed E-state index contributed by atoms with van der Waals surface area (Å²) in [7, 11) is 1.60. The molecule has 168 valence electrons. The van der Waals surface area contributed by atoms with Crippen LogP contribution in [0.1, 0.15) is 12.5 Å². The van der Waals surface area contributed by atoms with Crippen molar-refractivity contribution in [3.8, 4) is 17.2 Å². The number of imide groups is 1.